The number of nitrogens with zero attached hydrogens (tertiary/aromatic N) is 1. The van der Waals surface area contributed by atoms with E-state index in [0.29, 0.717) is 10.2 Å². The first kappa shape index (κ1) is 11.9. The molecule has 96 valence electrons. The first-order valence-corrected chi connectivity index (χ1v) is 6.43. The van der Waals surface area contributed by atoms with Gasteiger partial charge >= 0.3 is 0 Å². The largest absolute Gasteiger partial charge is 0.369 e. The van der Waals surface area contributed by atoms with E-state index in [-0.39, 0.29) is 17.3 Å². The fraction of sp³-hybridized carbons (Fsp3) is 0.0769. The Morgan fingerprint density at radius 1 is 1.32 bits per heavy atom. The average Bonchev–Trinajstić information content (AvgIpc) is 2.66. The predicted octanol–water partition coefficient (Wildman–Crippen LogP) is 2.68. The van der Waals surface area contributed by atoms with Crippen molar-refractivity contribution in [1.82, 2.24) is 9.97 Å². The van der Waals surface area contributed by atoms with Gasteiger partial charge in [-0.05, 0) is 24.6 Å². The molecule has 3 N–H and O–H groups in total. The average molecular weight is 275 g/mol. The van der Waals surface area contributed by atoms with Crippen molar-refractivity contribution in [2.45, 2.75) is 6.92 Å². The van der Waals surface area contributed by atoms with E-state index >= 15 is 0 Å². The Balaban J connectivity index is 2.38. The van der Waals surface area contributed by atoms with Crippen molar-refractivity contribution < 1.29 is 4.39 Å². The lowest BCUT2D eigenvalue weighted by Gasteiger charge is -2.01. The number of nitrogens with one attached hydrogen (secondary N) is 1. The number of nitrogens with two attached hydrogens (primary N) is 1. The normalized spacial score (nSPS) is 11.1. The summed E-state index contributed by atoms with van der Waals surface area (Å²) in [5.74, 6) is -0.207. The molecule has 0 unspecified atom stereocenters. The van der Waals surface area contributed by atoms with Crippen LogP contribution in [-0.4, -0.2) is 9.97 Å². The second-order valence-corrected chi connectivity index (χ2v) is 5.37. The lowest BCUT2D eigenvalue weighted by atomic mass is 10.0. The van der Waals surface area contributed by atoms with E-state index < -0.39 is 0 Å². The van der Waals surface area contributed by atoms with Crippen molar-refractivity contribution >= 4 is 27.5 Å². The van der Waals surface area contributed by atoms with Crippen LogP contribution in [0.2, 0.25) is 0 Å². The van der Waals surface area contributed by atoms with Crippen molar-refractivity contribution in [3.05, 3.63) is 45.3 Å². The van der Waals surface area contributed by atoms with Gasteiger partial charge in [-0.2, -0.15) is 0 Å². The van der Waals surface area contributed by atoms with Gasteiger partial charge in [-0.25, -0.2) is 9.37 Å². The summed E-state index contributed by atoms with van der Waals surface area (Å²) in [6.07, 6.45) is 0. The Kier molecular flexibility index (Phi) is 2.60. The van der Waals surface area contributed by atoms with Gasteiger partial charge < -0.3 is 5.73 Å². The maximum Gasteiger partial charge on any atom is 0.261 e. The standard InChI is InChI=1S/C13H10FN3OS/c1-6-9(7-2-4-8(14)5-3-7)10-11(18)16-13(15)17-12(10)19-6/h2-5H,1H3,(H3,15,16,17,18). The van der Waals surface area contributed by atoms with Crippen molar-refractivity contribution in [3.63, 3.8) is 0 Å². The molecule has 2 aromatic heterocycles. The molecule has 0 aliphatic carbocycles. The highest BCUT2D eigenvalue weighted by atomic mass is 32.1. The number of nitrogen functional groups attached to an aromatic ring is 1. The van der Waals surface area contributed by atoms with Crippen LogP contribution in [0.25, 0.3) is 21.3 Å². The van der Waals surface area contributed by atoms with Gasteiger partial charge in [-0.15, -0.1) is 11.3 Å². The van der Waals surface area contributed by atoms with Crippen LogP contribution < -0.4 is 11.3 Å². The molecule has 0 bridgehead atoms. The van der Waals surface area contributed by atoms with Gasteiger partial charge in [-0.1, -0.05) is 12.1 Å². The maximum absolute atomic E-state index is 13.0. The minimum atomic E-state index is -0.308. The topological polar surface area (TPSA) is 71.8 Å². The fourth-order valence-electron chi connectivity index (χ4n) is 2.10. The molecule has 6 heteroatoms. The summed E-state index contributed by atoms with van der Waals surface area (Å²) in [5.41, 5.74) is 6.84. The van der Waals surface area contributed by atoms with E-state index in [1.807, 2.05) is 6.92 Å². The van der Waals surface area contributed by atoms with Gasteiger partial charge in [-0.3, -0.25) is 9.78 Å². The van der Waals surface area contributed by atoms with E-state index in [1.54, 1.807) is 12.1 Å². The molecule has 0 fully saturated rings. The van der Waals surface area contributed by atoms with Crippen LogP contribution in [0.1, 0.15) is 4.88 Å². The second kappa shape index (κ2) is 4.17. The third-order valence-corrected chi connectivity index (χ3v) is 3.89. The molecular formula is C13H10FN3OS. The number of hydrogen-bond acceptors (Lipinski definition) is 4. The summed E-state index contributed by atoms with van der Waals surface area (Å²) in [7, 11) is 0. The van der Waals surface area contributed by atoms with Gasteiger partial charge in [0.2, 0.25) is 5.95 Å². The van der Waals surface area contributed by atoms with Gasteiger partial charge in [0, 0.05) is 10.4 Å². The van der Waals surface area contributed by atoms with Crippen LogP contribution >= 0.6 is 11.3 Å². The highest BCUT2D eigenvalue weighted by molar-refractivity contribution is 7.19. The lowest BCUT2D eigenvalue weighted by molar-refractivity contribution is 0.628. The number of H-pyrrole nitrogens is 1. The molecule has 3 rings (SSSR count). The zero-order valence-electron chi connectivity index (χ0n) is 10.0. The molecule has 0 saturated heterocycles. The summed E-state index contributed by atoms with van der Waals surface area (Å²) in [6, 6.07) is 6.05. The van der Waals surface area contributed by atoms with Crippen LogP contribution in [-0.2, 0) is 0 Å². The molecule has 0 atom stereocenters. The molecule has 0 spiro atoms. The summed E-state index contributed by atoms with van der Waals surface area (Å²) >= 11 is 1.40. The van der Waals surface area contributed by atoms with E-state index in [9.17, 15) is 9.18 Å². The number of aromatic nitrogens is 2. The second-order valence-electron chi connectivity index (χ2n) is 4.17. The van der Waals surface area contributed by atoms with Crippen LogP contribution in [0.15, 0.2) is 29.1 Å². The molecule has 3 aromatic rings. The highest BCUT2D eigenvalue weighted by Gasteiger charge is 2.15. The predicted molar refractivity (Wildman–Crippen MR) is 74.8 cm³/mol. The number of thiophene rings is 1. The number of aryl methyl sites for hydroxylation is 1. The quantitative estimate of drug-likeness (QED) is 0.717. The number of benzene rings is 1. The SMILES string of the molecule is Cc1sc2nc(N)[nH]c(=O)c2c1-c1ccc(F)cc1. The minimum absolute atomic E-state index is 0.101. The van der Waals surface area contributed by atoms with Crippen molar-refractivity contribution in [2.24, 2.45) is 0 Å². The molecule has 0 aliphatic rings. The summed E-state index contributed by atoms with van der Waals surface area (Å²) < 4.78 is 13.0. The number of hydrogen-bond donors (Lipinski definition) is 2. The van der Waals surface area contributed by atoms with Crippen LogP contribution in [0.5, 0.6) is 0 Å². The first-order chi connectivity index (χ1) is 9.06. The molecule has 1 aromatic carbocycles. The van der Waals surface area contributed by atoms with Gasteiger partial charge in [0.05, 0.1) is 5.39 Å². The molecule has 0 aliphatic heterocycles. The Labute approximate surface area is 111 Å². The third kappa shape index (κ3) is 1.90. The van der Waals surface area contributed by atoms with Crippen LogP contribution in [0.4, 0.5) is 10.3 Å². The van der Waals surface area contributed by atoms with Crippen LogP contribution in [0.3, 0.4) is 0 Å². The Morgan fingerprint density at radius 3 is 2.68 bits per heavy atom. The zero-order chi connectivity index (χ0) is 13.6. The molecule has 0 radical (unpaired) electrons. The molecule has 19 heavy (non-hydrogen) atoms. The molecule has 4 nitrogen and oxygen atoms in total. The smallest absolute Gasteiger partial charge is 0.261 e. The zero-order valence-corrected chi connectivity index (χ0v) is 10.8. The number of anilines is 1. The molecule has 0 saturated carbocycles. The van der Waals surface area contributed by atoms with E-state index in [1.165, 1.54) is 23.5 Å². The van der Waals surface area contributed by atoms with Crippen molar-refractivity contribution in [3.8, 4) is 11.1 Å². The van der Waals surface area contributed by atoms with Gasteiger partial charge in [0.1, 0.15) is 10.6 Å². The number of fused-ring (bicyclic) bond motifs is 1. The Hall–Kier alpha value is -2.21. The maximum atomic E-state index is 13.0. The highest BCUT2D eigenvalue weighted by Crippen LogP contribution is 2.35. The molecule has 2 heterocycles. The van der Waals surface area contributed by atoms with Gasteiger partial charge in [0.15, 0.2) is 0 Å². The number of halogens is 1. The number of aromatic amines is 1. The lowest BCUT2D eigenvalue weighted by Crippen LogP contribution is -2.10. The van der Waals surface area contributed by atoms with Crippen molar-refractivity contribution in [1.29, 1.82) is 0 Å². The third-order valence-electron chi connectivity index (χ3n) is 2.89. The first-order valence-electron chi connectivity index (χ1n) is 5.61. The van der Waals surface area contributed by atoms with Crippen LogP contribution in [0, 0.1) is 12.7 Å². The Bertz CT molecular complexity index is 820. The minimum Gasteiger partial charge on any atom is -0.369 e. The molecule has 0 amide bonds. The monoisotopic (exact) mass is 275 g/mol. The summed E-state index contributed by atoms with van der Waals surface area (Å²) in [6.45, 7) is 1.90. The molecular weight excluding hydrogens is 265 g/mol. The summed E-state index contributed by atoms with van der Waals surface area (Å²) in [5, 5.41) is 0.503. The Morgan fingerprint density at radius 2 is 2.00 bits per heavy atom. The fourth-order valence-corrected chi connectivity index (χ4v) is 3.15. The van der Waals surface area contributed by atoms with E-state index in [4.69, 9.17) is 5.73 Å². The van der Waals surface area contributed by atoms with Crippen molar-refractivity contribution in [2.75, 3.05) is 5.73 Å². The summed E-state index contributed by atoms with van der Waals surface area (Å²) in [4.78, 5) is 20.2. The van der Waals surface area contributed by atoms with E-state index in [0.717, 1.165) is 16.0 Å². The van der Waals surface area contributed by atoms with E-state index in [2.05, 4.69) is 9.97 Å². The van der Waals surface area contributed by atoms with Gasteiger partial charge in [0.25, 0.3) is 5.56 Å². The number of rotatable bonds is 1.